The summed E-state index contributed by atoms with van der Waals surface area (Å²) in [5.74, 6) is 0.143. The van der Waals surface area contributed by atoms with Crippen LogP contribution in [0.1, 0.15) is 23.5 Å². The monoisotopic (exact) mass is 246 g/mol. The third-order valence-electron chi connectivity index (χ3n) is 2.83. The van der Waals surface area contributed by atoms with Gasteiger partial charge in [-0.25, -0.2) is 0 Å². The van der Waals surface area contributed by atoms with Crippen LogP contribution in [0.15, 0.2) is 60.7 Å². The molecule has 0 aliphatic carbocycles. The maximum absolute atomic E-state index is 9.41. The smallest absolute Gasteiger partial charge is 0.128 e. The molecule has 2 aromatic rings. The summed E-state index contributed by atoms with van der Waals surface area (Å²) in [6.45, 7) is 0. The Balaban J connectivity index is 2.32. The summed E-state index contributed by atoms with van der Waals surface area (Å²) in [7, 11) is 0. The number of benzene rings is 2. The van der Waals surface area contributed by atoms with Gasteiger partial charge in [-0.3, -0.25) is 0 Å². The molecule has 0 heterocycles. The second-order valence-corrected chi connectivity index (χ2v) is 4.55. The van der Waals surface area contributed by atoms with E-state index in [0.717, 1.165) is 0 Å². The average Bonchev–Trinajstić information content (AvgIpc) is 2.38. The van der Waals surface area contributed by atoms with E-state index in [9.17, 15) is 5.11 Å². The number of hydrogen-bond donors (Lipinski definition) is 1. The topological polar surface area (TPSA) is 20.2 Å². The first-order chi connectivity index (χ1) is 8.27. The highest BCUT2D eigenvalue weighted by Gasteiger charge is 2.16. The van der Waals surface area contributed by atoms with Crippen molar-refractivity contribution < 1.29 is 5.11 Å². The molecule has 0 amide bonds. The minimum atomic E-state index is -0.819. The second-order valence-electron chi connectivity index (χ2n) is 4.04. The number of aliphatic hydroxyl groups excluding tert-OH is 1. The van der Waals surface area contributed by atoms with E-state index < -0.39 is 5.56 Å². The molecule has 0 aromatic heterocycles. The molecule has 17 heavy (non-hydrogen) atoms. The SMILES string of the molecule is OC(Cl)CC(c1ccccc1)c1ccccc1. The van der Waals surface area contributed by atoms with E-state index in [4.69, 9.17) is 11.6 Å². The van der Waals surface area contributed by atoms with E-state index in [-0.39, 0.29) is 5.92 Å². The Morgan fingerprint density at radius 1 is 0.824 bits per heavy atom. The van der Waals surface area contributed by atoms with Crippen molar-refractivity contribution in [1.82, 2.24) is 0 Å². The van der Waals surface area contributed by atoms with Crippen molar-refractivity contribution in [2.24, 2.45) is 0 Å². The minimum absolute atomic E-state index is 0.143. The minimum Gasteiger partial charge on any atom is -0.378 e. The van der Waals surface area contributed by atoms with E-state index in [1.165, 1.54) is 11.1 Å². The van der Waals surface area contributed by atoms with Crippen molar-refractivity contribution in [3.63, 3.8) is 0 Å². The number of hydrogen-bond acceptors (Lipinski definition) is 1. The molecule has 88 valence electrons. The Morgan fingerprint density at radius 3 is 1.59 bits per heavy atom. The molecule has 0 aliphatic heterocycles. The zero-order chi connectivity index (χ0) is 12.1. The first kappa shape index (κ1) is 12.2. The van der Waals surface area contributed by atoms with Gasteiger partial charge in [0.1, 0.15) is 5.56 Å². The molecule has 1 N–H and O–H groups in total. The Hall–Kier alpha value is -1.31. The lowest BCUT2D eigenvalue weighted by atomic mass is 9.89. The zero-order valence-electron chi connectivity index (χ0n) is 9.46. The fourth-order valence-electron chi connectivity index (χ4n) is 2.03. The van der Waals surface area contributed by atoms with E-state index >= 15 is 0 Å². The van der Waals surface area contributed by atoms with Crippen molar-refractivity contribution in [1.29, 1.82) is 0 Å². The largest absolute Gasteiger partial charge is 0.378 e. The van der Waals surface area contributed by atoms with Gasteiger partial charge >= 0.3 is 0 Å². The summed E-state index contributed by atoms with van der Waals surface area (Å²) in [4.78, 5) is 0. The molecule has 1 unspecified atom stereocenters. The normalized spacial score (nSPS) is 12.6. The molecule has 0 spiro atoms. The number of rotatable bonds is 4. The van der Waals surface area contributed by atoms with Gasteiger partial charge in [-0.2, -0.15) is 0 Å². The molecule has 0 saturated heterocycles. The van der Waals surface area contributed by atoms with Crippen molar-refractivity contribution in [3.8, 4) is 0 Å². The maximum atomic E-state index is 9.41. The fraction of sp³-hybridized carbons (Fsp3) is 0.200. The third kappa shape index (κ3) is 3.32. The van der Waals surface area contributed by atoms with Crippen LogP contribution in [-0.4, -0.2) is 10.7 Å². The van der Waals surface area contributed by atoms with Crippen LogP contribution in [-0.2, 0) is 0 Å². The predicted molar refractivity (Wildman–Crippen MR) is 71.2 cm³/mol. The van der Waals surface area contributed by atoms with Crippen molar-refractivity contribution in [2.75, 3.05) is 0 Å². The zero-order valence-corrected chi connectivity index (χ0v) is 10.2. The van der Waals surface area contributed by atoms with E-state index in [1.807, 2.05) is 36.4 Å². The lowest BCUT2D eigenvalue weighted by Gasteiger charge is -2.18. The quantitative estimate of drug-likeness (QED) is 0.815. The molecular formula is C15H15ClO. The molecular weight excluding hydrogens is 232 g/mol. The van der Waals surface area contributed by atoms with Crippen LogP contribution < -0.4 is 0 Å². The summed E-state index contributed by atoms with van der Waals surface area (Å²) in [5, 5.41) is 9.41. The first-order valence-corrected chi connectivity index (χ1v) is 6.13. The fourth-order valence-corrected chi connectivity index (χ4v) is 2.21. The number of halogens is 1. The molecule has 1 nitrogen and oxygen atoms in total. The molecule has 0 radical (unpaired) electrons. The van der Waals surface area contributed by atoms with Crippen molar-refractivity contribution in [3.05, 3.63) is 71.8 Å². The van der Waals surface area contributed by atoms with Gasteiger partial charge in [0.25, 0.3) is 0 Å². The van der Waals surface area contributed by atoms with Gasteiger partial charge in [-0.1, -0.05) is 72.3 Å². The standard InChI is InChI=1S/C15H15ClO/c16-15(17)11-14(12-7-3-1-4-8-12)13-9-5-2-6-10-13/h1-10,14-15,17H,11H2. The molecule has 0 bridgehead atoms. The Labute approximate surface area is 107 Å². The van der Waals surface area contributed by atoms with Crippen LogP contribution in [0, 0.1) is 0 Å². The second kappa shape index (κ2) is 5.85. The van der Waals surface area contributed by atoms with E-state index in [0.29, 0.717) is 6.42 Å². The average molecular weight is 247 g/mol. The van der Waals surface area contributed by atoms with Crippen molar-refractivity contribution in [2.45, 2.75) is 17.9 Å². The van der Waals surface area contributed by atoms with E-state index in [1.54, 1.807) is 0 Å². The van der Waals surface area contributed by atoms with Gasteiger partial charge in [0.15, 0.2) is 0 Å². The Kier molecular flexibility index (Phi) is 4.18. The summed E-state index contributed by atoms with van der Waals surface area (Å²) in [6.07, 6.45) is 0.523. The van der Waals surface area contributed by atoms with Crippen LogP contribution in [0.3, 0.4) is 0 Å². The van der Waals surface area contributed by atoms with Gasteiger partial charge in [-0.05, 0) is 17.5 Å². The first-order valence-electron chi connectivity index (χ1n) is 5.69. The van der Waals surface area contributed by atoms with E-state index in [2.05, 4.69) is 24.3 Å². The van der Waals surface area contributed by atoms with Crippen LogP contribution in [0.4, 0.5) is 0 Å². The van der Waals surface area contributed by atoms with Gasteiger partial charge in [0, 0.05) is 5.92 Å². The molecule has 2 rings (SSSR count). The predicted octanol–water partition coefficient (Wildman–Crippen LogP) is 3.77. The molecule has 2 aromatic carbocycles. The van der Waals surface area contributed by atoms with Gasteiger partial charge in [0.2, 0.25) is 0 Å². The lowest BCUT2D eigenvalue weighted by Crippen LogP contribution is -2.08. The van der Waals surface area contributed by atoms with Gasteiger partial charge < -0.3 is 5.11 Å². The summed E-state index contributed by atoms with van der Waals surface area (Å²) in [6, 6.07) is 20.3. The van der Waals surface area contributed by atoms with Crippen molar-refractivity contribution >= 4 is 11.6 Å². The maximum Gasteiger partial charge on any atom is 0.128 e. The molecule has 0 aliphatic rings. The molecule has 1 atom stereocenters. The Bertz CT molecular complexity index is 399. The summed E-state index contributed by atoms with van der Waals surface area (Å²) >= 11 is 5.73. The van der Waals surface area contributed by atoms with Gasteiger partial charge in [-0.15, -0.1) is 0 Å². The summed E-state index contributed by atoms with van der Waals surface area (Å²) in [5.41, 5.74) is 1.54. The van der Waals surface area contributed by atoms with Crippen LogP contribution in [0.25, 0.3) is 0 Å². The molecule has 0 fully saturated rings. The lowest BCUT2D eigenvalue weighted by molar-refractivity contribution is 0.239. The molecule has 0 saturated carbocycles. The summed E-state index contributed by atoms with van der Waals surface area (Å²) < 4.78 is 0. The van der Waals surface area contributed by atoms with Crippen LogP contribution in [0.5, 0.6) is 0 Å². The molecule has 2 heteroatoms. The highest BCUT2D eigenvalue weighted by Crippen LogP contribution is 2.29. The third-order valence-corrected chi connectivity index (χ3v) is 3.01. The van der Waals surface area contributed by atoms with Crippen LogP contribution in [0.2, 0.25) is 0 Å². The number of alkyl halides is 1. The Morgan fingerprint density at radius 2 is 1.24 bits per heavy atom. The highest BCUT2D eigenvalue weighted by molar-refractivity contribution is 6.19. The number of aliphatic hydroxyl groups is 1. The van der Waals surface area contributed by atoms with Gasteiger partial charge in [0.05, 0.1) is 0 Å². The van der Waals surface area contributed by atoms with Crippen LogP contribution >= 0.6 is 11.6 Å². The highest BCUT2D eigenvalue weighted by atomic mass is 35.5.